The molecule has 0 radical (unpaired) electrons. The fraction of sp³-hybridized carbons (Fsp3) is 0.600. The maximum atomic E-state index is 4.28. The Morgan fingerprint density at radius 3 is 2.92 bits per heavy atom. The van der Waals surface area contributed by atoms with Crippen molar-refractivity contribution in [2.24, 2.45) is 11.8 Å². The minimum Gasteiger partial charge on any atom is -0.245 e. The average Bonchev–Trinajstić information content (AvgIpc) is 2.46. The summed E-state index contributed by atoms with van der Waals surface area (Å²) in [5.41, 5.74) is 2.62. The molecule has 0 spiro atoms. The van der Waals surface area contributed by atoms with E-state index in [4.69, 9.17) is 0 Å². The molecule has 2 rings (SSSR count). The summed E-state index contributed by atoms with van der Waals surface area (Å²) in [5.74, 6) is 1.55. The van der Waals surface area contributed by atoms with Gasteiger partial charge in [0.2, 0.25) is 0 Å². The molecule has 64 valence electrons. The topological polar surface area (TPSA) is 25.8 Å². The number of hydrogen-bond acceptors (Lipinski definition) is 2. The third-order valence-electron chi connectivity index (χ3n) is 2.76. The van der Waals surface area contributed by atoms with Gasteiger partial charge in [0.1, 0.15) is 6.33 Å². The number of aromatic nitrogens is 2. The lowest BCUT2D eigenvalue weighted by atomic mass is 9.93. The summed E-state index contributed by atoms with van der Waals surface area (Å²) in [6, 6.07) is 0. The first-order valence-electron chi connectivity index (χ1n) is 4.55. The van der Waals surface area contributed by atoms with Crippen molar-refractivity contribution in [1.82, 2.24) is 9.97 Å². The molecule has 0 fully saturated rings. The molecule has 1 aromatic heterocycles. The van der Waals surface area contributed by atoms with Gasteiger partial charge >= 0.3 is 0 Å². The van der Waals surface area contributed by atoms with Gasteiger partial charge in [0, 0.05) is 11.9 Å². The van der Waals surface area contributed by atoms with Crippen LogP contribution in [0.2, 0.25) is 0 Å². The largest absolute Gasteiger partial charge is 0.245 e. The van der Waals surface area contributed by atoms with Crippen molar-refractivity contribution in [3.05, 3.63) is 23.8 Å². The molecule has 0 bridgehead atoms. The van der Waals surface area contributed by atoms with E-state index in [1.807, 2.05) is 6.20 Å². The van der Waals surface area contributed by atoms with E-state index in [1.165, 1.54) is 17.7 Å². The molecule has 0 saturated carbocycles. The molecule has 2 heteroatoms. The van der Waals surface area contributed by atoms with Crippen LogP contribution in [0.5, 0.6) is 0 Å². The van der Waals surface area contributed by atoms with Gasteiger partial charge in [-0.05, 0) is 30.2 Å². The van der Waals surface area contributed by atoms with E-state index in [1.54, 1.807) is 6.33 Å². The highest BCUT2D eigenvalue weighted by atomic mass is 14.8. The number of nitrogens with zero attached hydrogens (tertiary/aromatic N) is 2. The normalized spacial score (nSPS) is 21.4. The molecule has 0 saturated heterocycles. The molecule has 1 heterocycles. The highest BCUT2D eigenvalue weighted by Gasteiger charge is 2.24. The van der Waals surface area contributed by atoms with Gasteiger partial charge in [-0.3, -0.25) is 0 Å². The molecule has 0 N–H and O–H groups in total. The Balaban J connectivity index is 2.22. The molecule has 1 aromatic rings. The predicted octanol–water partition coefficient (Wildman–Crippen LogP) is 1.85. The van der Waals surface area contributed by atoms with Gasteiger partial charge in [-0.2, -0.15) is 0 Å². The van der Waals surface area contributed by atoms with Crippen LogP contribution in [0.4, 0.5) is 0 Å². The Kier molecular flexibility index (Phi) is 1.83. The second-order valence-corrected chi connectivity index (χ2v) is 3.91. The smallest absolute Gasteiger partial charge is 0.115 e. The van der Waals surface area contributed by atoms with Gasteiger partial charge in [-0.25, -0.2) is 9.97 Å². The van der Waals surface area contributed by atoms with Crippen LogP contribution in [0.25, 0.3) is 0 Å². The van der Waals surface area contributed by atoms with Crippen molar-refractivity contribution >= 4 is 0 Å². The molecule has 1 aliphatic rings. The number of rotatable bonds is 1. The summed E-state index contributed by atoms with van der Waals surface area (Å²) in [4.78, 5) is 8.32. The van der Waals surface area contributed by atoms with Crippen molar-refractivity contribution in [2.45, 2.75) is 26.7 Å². The number of fused-ring (bicyclic) bond motifs is 1. The standard InChI is InChI=1S/C10H14N2/c1-7(2)8-3-9-5-11-6-12-10(9)4-8/h5-8H,3-4H2,1-2H3. The van der Waals surface area contributed by atoms with Crippen LogP contribution in [0.15, 0.2) is 12.5 Å². The molecular weight excluding hydrogens is 148 g/mol. The molecule has 0 amide bonds. The predicted molar refractivity (Wildman–Crippen MR) is 47.8 cm³/mol. The second-order valence-electron chi connectivity index (χ2n) is 3.91. The Hall–Kier alpha value is -0.920. The van der Waals surface area contributed by atoms with Gasteiger partial charge < -0.3 is 0 Å². The fourth-order valence-corrected chi connectivity index (χ4v) is 1.81. The lowest BCUT2D eigenvalue weighted by Crippen LogP contribution is -2.07. The Labute approximate surface area is 73.1 Å². The first-order valence-corrected chi connectivity index (χ1v) is 4.55. The molecule has 1 atom stereocenters. The summed E-state index contributed by atoms with van der Waals surface area (Å²) in [6.45, 7) is 4.56. The van der Waals surface area contributed by atoms with Gasteiger partial charge in [-0.15, -0.1) is 0 Å². The van der Waals surface area contributed by atoms with Crippen LogP contribution < -0.4 is 0 Å². The van der Waals surface area contributed by atoms with Crippen LogP contribution in [0.1, 0.15) is 25.1 Å². The van der Waals surface area contributed by atoms with Crippen molar-refractivity contribution in [3.8, 4) is 0 Å². The van der Waals surface area contributed by atoms with E-state index >= 15 is 0 Å². The van der Waals surface area contributed by atoms with E-state index in [9.17, 15) is 0 Å². The highest BCUT2D eigenvalue weighted by molar-refractivity contribution is 5.22. The van der Waals surface area contributed by atoms with E-state index in [-0.39, 0.29) is 0 Å². The highest BCUT2D eigenvalue weighted by Crippen LogP contribution is 2.28. The summed E-state index contributed by atoms with van der Waals surface area (Å²) < 4.78 is 0. The third-order valence-corrected chi connectivity index (χ3v) is 2.76. The third kappa shape index (κ3) is 1.22. The lowest BCUT2D eigenvalue weighted by Gasteiger charge is -2.11. The fourth-order valence-electron chi connectivity index (χ4n) is 1.81. The van der Waals surface area contributed by atoms with E-state index < -0.39 is 0 Å². The Morgan fingerprint density at radius 1 is 1.42 bits per heavy atom. The van der Waals surface area contributed by atoms with Crippen LogP contribution in [0, 0.1) is 11.8 Å². The summed E-state index contributed by atoms with van der Waals surface area (Å²) >= 11 is 0. The van der Waals surface area contributed by atoms with Gasteiger partial charge in [0.15, 0.2) is 0 Å². The zero-order chi connectivity index (χ0) is 8.55. The summed E-state index contributed by atoms with van der Waals surface area (Å²) in [7, 11) is 0. The molecular formula is C10H14N2. The molecule has 1 aliphatic carbocycles. The Bertz CT molecular complexity index is 256. The summed E-state index contributed by atoms with van der Waals surface area (Å²) in [6.07, 6.45) is 5.94. The van der Waals surface area contributed by atoms with E-state index in [0.717, 1.165) is 18.3 Å². The van der Waals surface area contributed by atoms with Crippen molar-refractivity contribution < 1.29 is 0 Å². The zero-order valence-corrected chi connectivity index (χ0v) is 7.62. The minimum absolute atomic E-state index is 0.763. The minimum atomic E-state index is 0.763. The monoisotopic (exact) mass is 162 g/mol. The molecule has 12 heavy (non-hydrogen) atoms. The number of hydrogen-bond donors (Lipinski definition) is 0. The lowest BCUT2D eigenvalue weighted by molar-refractivity contribution is 0.402. The van der Waals surface area contributed by atoms with Crippen LogP contribution >= 0.6 is 0 Å². The molecule has 2 nitrogen and oxygen atoms in total. The van der Waals surface area contributed by atoms with Gasteiger partial charge in [-0.1, -0.05) is 13.8 Å². The first-order chi connectivity index (χ1) is 5.77. The zero-order valence-electron chi connectivity index (χ0n) is 7.62. The molecule has 0 aromatic carbocycles. The van der Waals surface area contributed by atoms with Crippen LogP contribution in [0.3, 0.4) is 0 Å². The van der Waals surface area contributed by atoms with Crippen molar-refractivity contribution in [1.29, 1.82) is 0 Å². The maximum absolute atomic E-state index is 4.28. The van der Waals surface area contributed by atoms with Gasteiger partial charge in [0.25, 0.3) is 0 Å². The van der Waals surface area contributed by atoms with Crippen LogP contribution in [-0.2, 0) is 12.8 Å². The van der Waals surface area contributed by atoms with Crippen molar-refractivity contribution in [2.75, 3.05) is 0 Å². The van der Waals surface area contributed by atoms with Crippen LogP contribution in [-0.4, -0.2) is 9.97 Å². The van der Waals surface area contributed by atoms with Crippen molar-refractivity contribution in [3.63, 3.8) is 0 Å². The van der Waals surface area contributed by atoms with Gasteiger partial charge in [0.05, 0.1) is 0 Å². The summed E-state index contributed by atoms with van der Waals surface area (Å²) in [5, 5.41) is 0. The van der Waals surface area contributed by atoms with E-state index in [2.05, 4.69) is 23.8 Å². The second kappa shape index (κ2) is 2.85. The first kappa shape index (κ1) is 7.71. The maximum Gasteiger partial charge on any atom is 0.115 e. The van der Waals surface area contributed by atoms with E-state index in [0.29, 0.717) is 0 Å². The average molecular weight is 162 g/mol. The quantitative estimate of drug-likeness (QED) is 0.629. The SMILES string of the molecule is CC(C)C1Cc2cncnc2C1. The molecule has 0 aliphatic heterocycles. The molecule has 1 unspecified atom stereocenters. The Morgan fingerprint density at radius 2 is 2.25 bits per heavy atom.